The van der Waals surface area contributed by atoms with E-state index in [4.69, 9.17) is 0 Å². The third kappa shape index (κ3) is 3.90. The Labute approximate surface area is 141 Å². The van der Waals surface area contributed by atoms with Crippen molar-refractivity contribution >= 4 is 17.4 Å². The Morgan fingerprint density at radius 2 is 2.00 bits per heavy atom. The Balaban J connectivity index is 1.57. The molecule has 1 aromatic carbocycles. The number of nitrogens with one attached hydrogen (secondary N) is 2. The first-order valence-corrected chi connectivity index (χ1v) is 8.17. The summed E-state index contributed by atoms with van der Waals surface area (Å²) in [6.45, 7) is 0. The molecule has 1 heterocycles. The van der Waals surface area contributed by atoms with Gasteiger partial charge in [0.15, 0.2) is 0 Å². The molecule has 122 valence electrons. The maximum atomic E-state index is 12.0. The van der Waals surface area contributed by atoms with Crippen molar-refractivity contribution < 1.29 is 4.79 Å². The van der Waals surface area contributed by atoms with Crippen LogP contribution in [0.2, 0.25) is 0 Å². The molecule has 0 spiro atoms. The summed E-state index contributed by atoms with van der Waals surface area (Å²) in [6.07, 6.45) is 8.16. The van der Waals surface area contributed by atoms with Crippen molar-refractivity contribution in [2.75, 3.05) is 10.6 Å². The van der Waals surface area contributed by atoms with Gasteiger partial charge in [0.2, 0.25) is 0 Å². The van der Waals surface area contributed by atoms with Gasteiger partial charge in [-0.15, -0.1) is 0 Å². The molecule has 0 aliphatic heterocycles. The molecule has 2 amide bonds. The smallest absolute Gasteiger partial charge is 0.308 e. The van der Waals surface area contributed by atoms with E-state index in [1.54, 1.807) is 24.5 Å². The molecule has 0 bridgehead atoms. The number of urea groups is 1. The van der Waals surface area contributed by atoms with Gasteiger partial charge in [-0.2, -0.15) is 5.26 Å². The highest BCUT2D eigenvalue weighted by Gasteiger charge is 2.36. The van der Waals surface area contributed by atoms with Gasteiger partial charge in [0.1, 0.15) is 0 Å². The maximum Gasteiger partial charge on any atom is 0.323 e. The second kappa shape index (κ2) is 7.14. The highest BCUT2D eigenvalue weighted by atomic mass is 16.2. The fourth-order valence-corrected chi connectivity index (χ4v) is 2.94. The van der Waals surface area contributed by atoms with Crippen molar-refractivity contribution in [3.05, 3.63) is 54.4 Å². The monoisotopic (exact) mass is 320 g/mol. The average Bonchev–Trinajstić information content (AvgIpc) is 2.55. The van der Waals surface area contributed by atoms with Crippen LogP contribution in [0.1, 0.15) is 31.2 Å². The Hall–Kier alpha value is -2.87. The first kappa shape index (κ1) is 16.0. The third-order valence-electron chi connectivity index (χ3n) is 4.54. The number of amides is 2. The van der Waals surface area contributed by atoms with E-state index in [0.29, 0.717) is 5.69 Å². The van der Waals surface area contributed by atoms with E-state index in [9.17, 15) is 10.1 Å². The van der Waals surface area contributed by atoms with Gasteiger partial charge in [0.25, 0.3) is 0 Å². The first-order chi connectivity index (χ1) is 11.7. The summed E-state index contributed by atoms with van der Waals surface area (Å²) in [5.41, 5.74) is 2.40. The van der Waals surface area contributed by atoms with Crippen molar-refractivity contribution in [3.8, 4) is 6.07 Å². The number of aryl methyl sites for hydroxylation is 1. The number of carbonyl (C=O) groups is 1. The van der Waals surface area contributed by atoms with Crippen LogP contribution in [0.4, 0.5) is 16.2 Å². The lowest BCUT2D eigenvalue weighted by molar-refractivity contribution is 0.198. The summed E-state index contributed by atoms with van der Waals surface area (Å²) in [5, 5.41) is 14.9. The van der Waals surface area contributed by atoms with E-state index in [2.05, 4.69) is 21.7 Å². The fourth-order valence-electron chi connectivity index (χ4n) is 2.94. The van der Waals surface area contributed by atoms with Gasteiger partial charge in [-0.05, 0) is 55.5 Å². The SMILES string of the molecule is N#CC1(CCc2cccc(NC(=O)Nc3cccnc3)c2)CCC1. The van der Waals surface area contributed by atoms with E-state index >= 15 is 0 Å². The summed E-state index contributed by atoms with van der Waals surface area (Å²) in [7, 11) is 0. The number of pyridine rings is 1. The Kier molecular flexibility index (Phi) is 4.76. The number of nitrogens with zero attached hydrogens (tertiary/aromatic N) is 2. The zero-order valence-electron chi connectivity index (χ0n) is 13.5. The standard InChI is InChI=1S/C19H20N4O/c20-14-19(8-3-9-19)10-7-15-4-1-5-16(12-15)22-18(24)23-17-6-2-11-21-13-17/h1-2,4-6,11-13H,3,7-10H2,(H2,22,23,24). The number of benzene rings is 1. The minimum absolute atomic E-state index is 0.124. The molecule has 1 aliphatic rings. The predicted octanol–water partition coefficient (Wildman–Crippen LogP) is 4.35. The molecular formula is C19H20N4O. The van der Waals surface area contributed by atoms with Crippen LogP contribution in [0, 0.1) is 16.7 Å². The van der Waals surface area contributed by atoms with Crippen LogP contribution in [0.3, 0.4) is 0 Å². The van der Waals surface area contributed by atoms with Gasteiger partial charge in [-0.1, -0.05) is 18.6 Å². The summed E-state index contributed by atoms with van der Waals surface area (Å²) in [6, 6.07) is 13.5. The number of anilines is 2. The molecule has 0 radical (unpaired) electrons. The molecule has 1 aromatic heterocycles. The van der Waals surface area contributed by atoms with Crippen molar-refractivity contribution in [1.82, 2.24) is 4.98 Å². The summed E-state index contributed by atoms with van der Waals surface area (Å²) >= 11 is 0. The lowest BCUT2D eigenvalue weighted by Crippen LogP contribution is -2.27. The molecular weight excluding hydrogens is 300 g/mol. The normalized spacial score (nSPS) is 15.0. The van der Waals surface area contributed by atoms with Crippen LogP contribution in [0.5, 0.6) is 0 Å². The van der Waals surface area contributed by atoms with Gasteiger partial charge in [0, 0.05) is 11.9 Å². The highest BCUT2D eigenvalue weighted by Crippen LogP contribution is 2.44. The molecule has 5 heteroatoms. The minimum Gasteiger partial charge on any atom is -0.308 e. The Bertz CT molecular complexity index is 747. The predicted molar refractivity (Wildman–Crippen MR) is 93.5 cm³/mol. The summed E-state index contributed by atoms with van der Waals surface area (Å²) in [4.78, 5) is 16.0. The van der Waals surface area contributed by atoms with Crippen molar-refractivity contribution in [2.24, 2.45) is 5.41 Å². The Morgan fingerprint density at radius 1 is 1.21 bits per heavy atom. The minimum atomic E-state index is -0.298. The third-order valence-corrected chi connectivity index (χ3v) is 4.54. The largest absolute Gasteiger partial charge is 0.323 e. The number of carbonyl (C=O) groups excluding carboxylic acids is 1. The number of aromatic nitrogens is 1. The zero-order chi connectivity index (χ0) is 16.8. The number of hydrogen-bond acceptors (Lipinski definition) is 3. The Morgan fingerprint density at radius 3 is 2.67 bits per heavy atom. The van der Waals surface area contributed by atoms with E-state index in [1.807, 2.05) is 24.3 Å². The summed E-state index contributed by atoms with van der Waals surface area (Å²) in [5.74, 6) is 0. The van der Waals surface area contributed by atoms with Crippen LogP contribution >= 0.6 is 0 Å². The van der Waals surface area contributed by atoms with Gasteiger partial charge < -0.3 is 10.6 Å². The topological polar surface area (TPSA) is 77.8 Å². The van der Waals surface area contributed by atoms with E-state index < -0.39 is 0 Å². The van der Waals surface area contributed by atoms with E-state index in [-0.39, 0.29) is 11.4 Å². The second-order valence-electron chi connectivity index (χ2n) is 6.27. The van der Waals surface area contributed by atoms with Crippen LogP contribution in [0.15, 0.2) is 48.8 Å². The van der Waals surface area contributed by atoms with Gasteiger partial charge in [0.05, 0.1) is 23.4 Å². The lowest BCUT2D eigenvalue weighted by atomic mass is 9.67. The first-order valence-electron chi connectivity index (χ1n) is 8.17. The fraction of sp³-hybridized carbons (Fsp3) is 0.316. The highest BCUT2D eigenvalue weighted by molar-refractivity contribution is 5.99. The molecule has 0 atom stereocenters. The molecule has 3 rings (SSSR count). The molecule has 1 saturated carbocycles. The molecule has 1 fully saturated rings. The average molecular weight is 320 g/mol. The van der Waals surface area contributed by atoms with Crippen molar-refractivity contribution in [3.63, 3.8) is 0 Å². The molecule has 5 nitrogen and oxygen atoms in total. The van der Waals surface area contributed by atoms with Gasteiger partial charge in [-0.25, -0.2) is 4.79 Å². The van der Waals surface area contributed by atoms with Crippen molar-refractivity contribution in [1.29, 1.82) is 5.26 Å². The molecule has 0 unspecified atom stereocenters. The number of rotatable bonds is 5. The van der Waals surface area contributed by atoms with Crippen molar-refractivity contribution in [2.45, 2.75) is 32.1 Å². The van der Waals surface area contributed by atoms with Gasteiger partial charge in [-0.3, -0.25) is 4.98 Å². The van der Waals surface area contributed by atoms with Crippen LogP contribution in [-0.4, -0.2) is 11.0 Å². The molecule has 1 aliphatic carbocycles. The van der Waals surface area contributed by atoms with Crippen LogP contribution in [-0.2, 0) is 6.42 Å². The zero-order valence-corrected chi connectivity index (χ0v) is 13.5. The van der Waals surface area contributed by atoms with Crippen LogP contribution < -0.4 is 10.6 Å². The lowest BCUT2D eigenvalue weighted by Gasteiger charge is -2.35. The molecule has 24 heavy (non-hydrogen) atoms. The quantitative estimate of drug-likeness (QED) is 0.859. The number of hydrogen-bond donors (Lipinski definition) is 2. The van der Waals surface area contributed by atoms with E-state index in [0.717, 1.165) is 43.4 Å². The maximum absolute atomic E-state index is 12.0. The molecule has 0 saturated heterocycles. The van der Waals surface area contributed by atoms with Crippen LogP contribution in [0.25, 0.3) is 0 Å². The van der Waals surface area contributed by atoms with E-state index in [1.165, 1.54) is 0 Å². The summed E-state index contributed by atoms with van der Waals surface area (Å²) < 4.78 is 0. The second-order valence-corrected chi connectivity index (χ2v) is 6.27. The molecule has 2 N–H and O–H groups in total. The number of nitriles is 1. The van der Waals surface area contributed by atoms with Gasteiger partial charge >= 0.3 is 6.03 Å². The molecule has 2 aromatic rings.